The molecule has 2 aromatic rings. The second-order valence-electron chi connectivity index (χ2n) is 2.65. The topological polar surface area (TPSA) is 28.7 Å². The molecule has 0 atom stereocenters. The molecule has 1 aromatic heterocycles. The molecule has 12 heavy (non-hydrogen) atoms. The van der Waals surface area contributed by atoms with Gasteiger partial charge in [0.2, 0.25) is 5.28 Å². The van der Waals surface area contributed by atoms with Crippen molar-refractivity contribution in [2.45, 2.75) is 6.92 Å². The Morgan fingerprint density at radius 3 is 3.00 bits per heavy atom. The van der Waals surface area contributed by atoms with Crippen LogP contribution in [0.5, 0.6) is 0 Å². The van der Waals surface area contributed by atoms with Crippen molar-refractivity contribution in [3.63, 3.8) is 0 Å². The van der Waals surface area contributed by atoms with Crippen molar-refractivity contribution >= 4 is 38.6 Å². The summed E-state index contributed by atoms with van der Waals surface area (Å²) in [5.41, 5.74) is 3.01. The Labute approximate surface area is 83.1 Å². The Balaban J connectivity index is 2.88. The van der Waals surface area contributed by atoms with E-state index < -0.39 is 0 Å². The summed E-state index contributed by atoms with van der Waals surface area (Å²) in [5.74, 6) is 0. The third kappa shape index (κ3) is 1.23. The van der Waals surface area contributed by atoms with Gasteiger partial charge in [-0.25, -0.2) is 4.98 Å². The summed E-state index contributed by atoms with van der Waals surface area (Å²) >= 11 is 9.13. The van der Waals surface area contributed by atoms with Crippen molar-refractivity contribution in [2.75, 3.05) is 0 Å². The number of aromatic nitrogens is 2. The molecular formula is C8H6BrClN2. The summed E-state index contributed by atoms with van der Waals surface area (Å²) in [6.45, 7) is 2.00. The SMILES string of the molecule is Cc1cc(Br)cc2[nH]c(Cl)nc12. The van der Waals surface area contributed by atoms with Crippen LogP contribution in [0.3, 0.4) is 0 Å². The Morgan fingerprint density at radius 2 is 2.25 bits per heavy atom. The third-order valence-corrected chi connectivity index (χ3v) is 2.35. The molecule has 1 aromatic carbocycles. The van der Waals surface area contributed by atoms with E-state index in [1.54, 1.807) is 0 Å². The normalized spacial score (nSPS) is 10.9. The van der Waals surface area contributed by atoms with Crippen molar-refractivity contribution in [1.82, 2.24) is 9.97 Å². The summed E-state index contributed by atoms with van der Waals surface area (Å²) in [6.07, 6.45) is 0. The van der Waals surface area contributed by atoms with Crippen LogP contribution < -0.4 is 0 Å². The second-order valence-corrected chi connectivity index (χ2v) is 3.92. The lowest BCUT2D eigenvalue weighted by molar-refractivity contribution is 1.34. The number of rotatable bonds is 0. The van der Waals surface area contributed by atoms with Gasteiger partial charge in [0, 0.05) is 4.47 Å². The van der Waals surface area contributed by atoms with Crippen molar-refractivity contribution in [3.8, 4) is 0 Å². The van der Waals surface area contributed by atoms with E-state index >= 15 is 0 Å². The van der Waals surface area contributed by atoms with Crippen LogP contribution in [0.1, 0.15) is 5.56 Å². The smallest absolute Gasteiger partial charge is 0.201 e. The number of aryl methyl sites for hydroxylation is 1. The zero-order valence-corrected chi connectivity index (χ0v) is 8.70. The minimum Gasteiger partial charge on any atom is -0.329 e. The van der Waals surface area contributed by atoms with Crippen LogP contribution in [-0.2, 0) is 0 Å². The quantitative estimate of drug-likeness (QED) is 0.758. The molecule has 4 heteroatoms. The standard InChI is InChI=1S/C8H6BrClN2/c1-4-2-5(9)3-6-7(4)12-8(10)11-6/h2-3H,1H3,(H,11,12). The van der Waals surface area contributed by atoms with E-state index in [4.69, 9.17) is 11.6 Å². The van der Waals surface area contributed by atoms with Gasteiger partial charge in [0.25, 0.3) is 0 Å². The highest BCUT2D eigenvalue weighted by atomic mass is 79.9. The van der Waals surface area contributed by atoms with E-state index in [-0.39, 0.29) is 0 Å². The van der Waals surface area contributed by atoms with E-state index in [1.165, 1.54) is 0 Å². The van der Waals surface area contributed by atoms with Crippen LogP contribution >= 0.6 is 27.5 Å². The first-order chi connectivity index (χ1) is 5.66. The molecule has 1 N–H and O–H groups in total. The van der Waals surface area contributed by atoms with Gasteiger partial charge in [0.1, 0.15) is 0 Å². The van der Waals surface area contributed by atoms with Crippen molar-refractivity contribution in [3.05, 3.63) is 27.5 Å². The maximum absolute atomic E-state index is 5.73. The Kier molecular flexibility index (Phi) is 1.85. The molecule has 0 fully saturated rings. The number of nitrogens with one attached hydrogen (secondary N) is 1. The predicted molar refractivity (Wildman–Crippen MR) is 53.5 cm³/mol. The fourth-order valence-electron chi connectivity index (χ4n) is 1.22. The number of aromatic amines is 1. The van der Waals surface area contributed by atoms with Gasteiger partial charge in [-0.2, -0.15) is 0 Å². The first kappa shape index (κ1) is 8.08. The maximum Gasteiger partial charge on any atom is 0.201 e. The molecular weight excluding hydrogens is 239 g/mol. The summed E-state index contributed by atoms with van der Waals surface area (Å²) < 4.78 is 1.04. The predicted octanol–water partition coefficient (Wildman–Crippen LogP) is 3.29. The molecule has 0 spiro atoms. The lowest BCUT2D eigenvalue weighted by Gasteiger charge is -1.94. The zero-order valence-electron chi connectivity index (χ0n) is 6.36. The monoisotopic (exact) mass is 244 g/mol. The van der Waals surface area contributed by atoms with Gasteiger partial charge in [-0.05, 0) is 36.2 Å². The molecule has 0 amide bonds. The average molecular weight is 246 g/mol. The Bertz CT molecular complexity index is 436. The number of halogens is 2. The lowest BCUT2D eigenvalue weighted by atomic mass is 10.2. The van der Waals surface area contributed by atoms with Crippen molar-refractivity contribution in [1.29, 1.82) is 0 Å². The molecule has 0 aliphatic heterocycles. The van der Waals surface area contributed by atoms with E-state index in [0.29, 0.717) is 5.28 Å². The highest BCUT2D eigenvalue weighted by Gasteiger charge is 2.03. The van der Waals surface area contributed by atoms with Gasteiger partial charge in [-0.15, -0.1) is 0 Å². The summed E-state index contributed by atoms with van der Waals surface area (Å²) in [6, 6.07) is 3.97. The van der Waals surface area contributed by atoms with Crippen LogP contribution in [0.15, 0.2) is 16.6 Å². The molecule has 0 aliphatic carbocycles. The van der Waals surface area contributed by atoms with Crippen LogP contribution in [0, 0.1) is 6.92 Å². The number of imidazole rings is 1. The Morgan fingerprint density at radius 1 is 1.50 bits per heavy atom. The number of hydrogen-bond donors (Lipinski definition) is 1. The lowest BCUT2D eigenvalue weighted by Crippen LogP contribution is -1.76. The third-order valence-electron chi connectivity index (χ3n) is 1.71. The van der Waals surface area contributed by atoms with E-state index in [9.17, 15) is 0 Å². The van der Waals surface area contributed by atoms with Gasteiger partial charge in [0.15, 0.2) is 0 Å². The minimum atomic E-state index is 0.436. The van der Waals surface area contributed by atoms with Gasteiger partial charge >= 0.3 is 0 Å². The number of benzene rings is 1. The number of fused-ring (bicyclic) bond motifs is 1. The molecule has 0 bridgehead atoms. The van der Waals surface area contributed by atoms with Crippen LogP contribution in [0.2, 0.25) is 5.28 Å². The summed E-state index contributed by atoms with van der Waals surface area (Å²) in [5, 5.41) is 0.436. The molecule has 0 unspecified atom stereocenters. The molecule has 62 valence electrons. The van der Waals surface area contributed by atoms with Crippen molar-refractivity contribution in [2.24, 2.45) is 0 Å². The van der Waals surface area contributed by atoms with Gasteiger partial charge in [-0.1, -0.05) is 15.9 Å². The molecule has 2 rings (SSSR count). The number of H-pyrrole nitrogens is 1. The number of nitrogens with zero attached hydrogens (tertiary/aromatic N) is 1. The molecule has 2 nitrogen and oxygen atoms in total. The van der Waals surface area contributed by atoms with E-state index in [1.807, 2.05) is 19.1 Å². The largest absolute Gasteiger partial charge is 0.329 e. The summed E-state index contributed by atoms with van der Waals surface area (Å²) in [4.78, 5) is 7.11. The maximum atomic E-state index is 5.73. The van der Waals surface area contributed by atoms with Crippen LogP contribution in [-0.4, -0.2) is 9.97 Å². The first-order valence-electron chi connectivity index (χ1n) is 3.48. The van der Waals surface area contributed by atoms with Crippen LogP contribution in [0.25, 0.3) is 11.0 Å². The van der Waals surface area contributed by atoms with E-state index in [0.717, 1.165) is 21.1 Å². The molecule has 1 heterocycles. The molecule has 0 saturated carbocycles. The summed E-state index contributed by atoms with van der Waals surface area (Å²) in [7, 11) is 0. The highest BCUT2D eigenvalue weighted by molar-refractivity contribution is 9.10. The fourth-order valence-corrected chi connectivity index (χ4v) is 1.98. The van der Waals surface area contributed by atoms with Crippen molar-refractivity contribution < 1.29 is 0 Å². The number of hydrogen-bond acceptors (Lipinski definition) is 1. The van der Waals surface area contributed by atoms with E-state index in [2.05, 4.69) is 25.9 Å². The van der Waals surface area contributed by atoms with Gasteiger partial charge in [-0.3, -0.25) is 0 Å². The highest BCUT2D eigenvalue weighted by Crippen LogP contribution is 2.23. The molecule has 0 radical (unpaired) electrons. The first-order valence-corrected chi connectivity index (χ1v) is 4.65. The van der Waals surface area contributed by atoms with Gasteiger partial charge < -0.3 is 4.98 Å². The molecule has 0 saturated heterocycles. The van der Waals surface area contributed by atoms with Crippen LogP contribution in [0.4, 0.5) is 0 Å². The fraction of sp³-hybridized carbons (Fsp3) is 0.125. The Hall–Kier alpha value is -0.540. The molecule has 0 aliphatic rings. The zero-order chi connectivity index (χ0) is 8.72. The van der Waals surface area contributed by atoms with Gasteiger partial charge in [0.05, 0.1) is 11.0 Å². The average Bonchev–Trinajstić information content (AvgIpc) is 2.29. The minimum absolute atomic E-state index is 0.436. The second kappa shape index (κ2) is 2.75.